The number of amides is 1. The van der Waals surface area contributed by atoms with Crippen LogP contribution in [0.1, 0.15) is 24.1 Å². The number of hydrogen-bond acceptors (Lipinski definition) is 2. The minimum Gasteiger partial charge on any atom is -0.396 e. The zero-order valence-electron chi connectivity index (χ0n) is 10.3. The predicted octanol–water partition coefficient (Wildman–Crippen LogP) is 1.10. The van der Waals surface area contributed by atoms with Crippen LogP contribution in [0.4, 0.5) is 0 Å². The van der Waals surface area contributed by atoms with E-state index in [1.165, 1.54) is 0 Å². The number of aromatic amines is 1. The van der Waals surface area contributed by atoms with Crippen molar-refractivity contribution in [2.75, 3.05) is 19.7 Å². The molecule has 94 valence electrons. The van der Waals surface area contributed by atoms with Gasteiger partial charge in [-0.25, -0.2) is 0 Å². The Morgan fingerprint density at radius 1 is 1.65 bits per heavy atom. The monoisotopic (exact) mass is 236 g/mol. The van der Waals surface area contributed by atoms with Gasteiger partial charge in [0, 0.05) is 31.6 Å². The lowest BCUT2D eigenvalue weighted by molar-refractivity contribution is -0.132. The standard InChI is InChI=1S/C13H20N2O2/c1-10-5-12(7-14-10)6-13(17)15-4-2-3-11(8-15)9-16/h5,7,11,14,16H,2-4,6,8-9H2,1H3. The molecule has 2 rings (SSSR count). The van der Waals surface area contributed by atoms with E-state index >= 15 is 0 Å². The molecule has 0 radical (unpaired) electrons. The van der Waals surface area contributed by atoms with Crippen molar-refractivity contribution in [3.8, 4) is 0 Å². The first-order valence-electron chi connectivity index (χ1n) is 6.21. The summed E-state index contributed by atoms with van der Waals surface area (Å²) in [6, 6.07) is 2.01. The molecule has 0 spiro atoms. The summed E-state index contributed by atoms with van der Waals surface area (Å²) in [6.07, 6.45) is 4.38. The average Bonchev–Trinajstić information content (AvgIpc) is 2.75. The van der Waals surface area contributed by atoms with Crippen LogP contribution in [0, 0.1) is 12.8 Å². The molecular weight excluding hydrogens is 216 g/mol. The molecule has 1 aliphatic heterocycles. The van der Waals surface area contributed by atoms with E-state index in [4.69, 9.17) is 5.11 Å². The van der Waals surface area contributed by atoms with E-state index in [0.717, 1.165) is 30.6 Å². The SMILES string of the molecule is Cc1cc(CC(=O)N2CCCC(CO)C2)c[nH]1. The van der Waals surface area contributed by atoms with Gasteiger partial charge < -0.3 is 15.0 Å². The molecular formula is C13H20N2O2. The fourth-order valence-electron chi connectivity index (χ4n) is 2.40. The lowest BCUT2D eigenvalue weighted by atomic mass is 9.98. The predicted molar refractivity (Wildman–Crippen MR) is 65.6 cm³/mol. The maximum atomic E-state index is 12.1. The molecule has 0 bridgehead atoms. The minimum atomic E-state index is 0.169. The van der Waals surface area contributed by atoms with Gasteiger partial charge in [0.05, 0.1) is 6.42 Å². The highest BCUT2D eigenvalue weighted by atomic mass is 16.3. The van der Waals surface area contributed by atoms with E-state index in [2.05, 4.69) is 4.98 Å². The number of carbonyl (C=O) groups excluding carboxylic acids is 1. The fraction of sp³-hybridized carbons (Fsp3) is 0.615. The molecule has 4 heteroatoms. The molecule has 1 unspecified atom stereocenters. The first kappa shape index (κ1) is 12.2. The van der Waals surface area contributed by atoms with Gasteiger partial charge in [-0.3, -0.25) is 4.79 Å². The van der Waals surface area contributed by atoms with Crippen LogP contribution in [0.3, 0.4) is 0 Å². The van der Waals surface area contributed by atoms with Crippen molar-refractivity contribution in [3.63, 3.8) is 0 Å². The number of aryl methyl sites for hydroxylation is 1. The smallest absolute Gasteiger partial charge is 0.227 e. The summed E-state index contributed by atoms with van der Waals surface area (Å²) in [5, 5.41) is 9.14. The van der Waals surface area contributed by atoms with Crippen LogP contribution in [0.25, 0.3) is 0 Å². The Bertz CT molecular complexity index is 387. The molecule has 0 aliphatic carbocycles. The number of rotatable bonds is 3. The second kappa shape index (κ2) is 5.36. The highest BCUT2D eigenvalue weighted by Crippen LogP contribution is 2.17. The van der Waals surface area contributed by atoms with Crippen LogP contribution in [0.2, 0.25) is 0 Å². The lowest BCUT2D eigenvalue weighted by Gasteiger charge is -2.31. The van der Waals surface area contributed by atoms with Crippen LogP contribution in [0.15, 0.2) is 12.3 Å². The van der Waals surface area contributed by atoms with Gasteiger partial charge in [0.1, 0.15) is 0 Å². The average molecular weight is 236 g/mol. The van der Waals surface area contributed by atoms with E-state index < -0.39 is 0 Å². The molecule has 2 N–H and O–H groups in total. The normalized spacial score (nSPS) is 20.6. The van der Waals surface area contributed by atoms with Gasteiger partial charge in [0.2, 0.25) is 5.91 Å². The van der Waals surface area contributed by atoms with Crippen molar-refractivity contribution in [2.45, 2.75) is 26.2 Å². The van der Waals surface area contributed by atoms with E-state index in [-0.39, 0.29) is 18.4 Å². The van der Waals surface area contributed by atoms with E-state index in [9.17, 15) is 4.79 Å². The van der Waals surface area contributed by atoms with Crippen molar-refractivity contribution < 1.29 is 9.90 Å². The summed E-state index contributed by atoms with van der Waals surface area (Å²) in [7, 11) is 0. The summed E-state index contributed by atoms with van der Waals surface area (Å²) < 4.78 is 0. The largest absolute Gasteiger partial charge is 0.396 e. The summed E-state index contributed by atoms with van der Waals surface area (Å²) in [5.74, 6) is 0.433. The van der Waals surface area contributed by atoms with E-state index in [1.54, 1.807) is 0 Å². The molecule has 1 aromatic rings. The number of nitrogens with zero attached hydrogens (tertiary/aromatic N) is 1. The van der Waals surface area contributed by atoms with Crippen LogP contribution < -0.4 is 0 Å². The molecule has 2 heterocycles. The quantitative estimate of drug-likeness (QED) is 0.825. The molecule has 1 aromatic heterocycles. The fourth-order valence-corrected chi connectivity index (χ4v) is 2.40. The Kier molecular flexibility index (Phi) is 3.84. The molecule has 17 heavy (non-hydrogen) atoms. The molecule has 1 fully saturated rings. The Labute approximate surface area is 102 Å². The number of carbonyl (C=O) groups is 1. The summed E-state index contributed by atoms with van der Waals surface area (Å²) >= 11 is 0. The van der Waals surface area contributed by atoms with Crippen LogP contribution in [-0.4, -0.2) is 40.6 Å². The Morgan fingerprint density at radius 2 is 2.47 bits per heavy atom. The number of nitrogens with one attached hydrogen (secondary N) is 1. The summed E-state index contributed by atoms with van der Waals surface area (Å²) in [6.45, 7) is 3.71. The molecule has 0 aromatic carbocycles. The zero-order valence-corrected chi connectivity index (χ0v) is 10.3. The third-order valence-corrected chi connectivity index (χ3v) is 3.37. The maximum Gasteiger partial charge on any atom is 0.227 e. The Morgan fingerprint density at radius 3 is 3.12 bits per heavy atom. The first-order chi connectivity index (χ1) is 8.19. The number of aliphatic hydroxyl groups is 1. The van der Waals surface area contributed by atoms with Gasteiger partial charge in [-0.1, -0.05) is 0 Å². The van der Waals surface area contributed by atoms with Gasteiger partial charge >= 0.3 is 0 Å². The number of hydrogen-bond donors (Lipinski definition) is 2. The molecule has 1 aliphatic rings. The zero-order chi connectivity index (χ0) is 12.3. The second-order valence-corrected chi connectivity index (χ2v) is 4.90. The highest BCUT2D eigenvalue weighted by molar-refractivity contribution is 5.78. The second-order valence-electron chi connectivity index (χ2n) is 4.90. The van der Waals surface area contributed by atoms with Gasteiger partial charge in [-0.2, -0.15) is 0 Å². The van der Waals surface area contributed by atoms with Crippen molar-refractivity contribution in [3.05, 3.63) is 23.5 Å². The van der Waals surface area contributed by atoms with Gasteiger partial charge in [-0.05, 0) is 37.3 Å². The number of aromatic nitrogens is 1. The topological polar surface area (TPSA) is 56.3 Å². The Balaban J connectivity index is 1.91. The summed E-state index contributed by atoms with van der Waals surface area (Å²) in [4.78, 5) is 17.0. The van der Waals surface area contributed by atoms with Crippen molar-refractivity contribution in [1.82, 2.24) is 9.88 Å². The third kappa shape index (κ3) is 3.09. The number of aliphatic hydroxyl groups excluding tert-OH is 1. The molecule has 1 atom stereocenters. The Hall–Kier alpha value is -1.29. The van der Waals surface area contributed by atoms with Crippen LogP contribution in [0.5, 0.6) is 0 Å². The minimum absolute atomic E-state index is 0.169. The van der Waals surface area contributed by atoms with E-state index in [0.29, 0.717) is 13.0 Å². The van der Waals surface area contributed by atoms with Crippen molar-refractivity contribution in [2.24, 2.45) is 5.92 Å². The lowest BCUT2D eigenvalue weighted by Crippen LogP contribution is -2.41. The number of H-pyrrole nitrogens is 1. The van der Waals surface area contributed by atoms with Crippen molar-refractivity contribution in [1.29, 1.82) is 0 Å². The highest BCUT2D eigenvalue weighted by Gasteiger charge is 2.23. The molecule has 1 saturated heterocycles. The van der Waals surface area contributed by atoms with Gasteiger partial charge in [0.25, 0.3) is 0 Å². The van der Waals surface area contributed by atoms with Crippen LogP contribution in [-0.2, 0) is 11.2 Å². The third-order valence-electron chi connectivity index (χ3n) is 3.37. The van der Waals surface area contributed by atoms with E-state index in [1.807, 2.05) is 24.1 Å². The van der Waals surface area contributed by atoms with Crippen LogP contribution >= 0.6 is 0 Å². The first-order valence-corrected chi connectivity index (χ1v) is 6.21. The van der Waals surface area contributed by atoms with Gasteiger partial charge in [-0.15, -0.1) is 0 Å². The van der Waals surface area contributed by atoms with Crippen molar-refractivity contribution >= 4 is 5.91 Å². The number of likely N-dealkylation sites (tertiary alicyclic amines) is 1. The maximum absolute atomic E-state index is 12.1. The molecule has 1 amide bonds. The molecule has 4 nitrogen and oxygen atoms in total. The van der Waals surface area contributed by atoms with Gasteiger partial charge in [0.15, 0.2) is 0 Å². The summed E-state index contributed by atoms with van der Waals surface area (Å²) in [5.41, 5.74) is 2.12. The number of piperidine rings is 1. The molecule has 0 saturated carbocycles.